The number of thiazole rings is 1. The normalized spacial score (nSPS) is 17.5. The van der Waals surface area contributed by atoms with Crippen LogP contribution in [-0.2, 0) is 26.8 Å². The van der Waals surface area contributed by atoms with Gasteiger partial charge < -0.3 is 9.80 Å². The van der Waals surface area contributed by atoms with Crippen molar-refractivity contribution in [3.63, 3.8) is 0 Å². The molecule has 1 aliphatic heterocycles. The van der Waals surface area contributed by atoms with E-state index in [1.807, 2.05) is 36.4 Å². The van der Waals surface area contributed by atoms with Gasteiger partial charge in [0.2, 0.25) is 5.52 Å². The van der Waals surface area contributed by atoms with Crippen LogP contribution in [-0.4, -0.2) is 62.5 Å². The average Bonchev–Trinajstić information content (AvgIpc) is 3.66. The minimum Gasteiger partial charge on any atom is -0.374 e. The Labute approximate surface area is 273 Å². The highest BCUT2D eigenvalue weighted by Crippen LogP contribution is 2.46. The second-order valence-corrected chi connectivity index (χ2v) is 16.2. The number of anilines is 1. The van der Waals surface area contributed by atoms with Crippen LogP contribution in [0.4, 0.5) is 5.69 Å². The van der Waals surface area contributed by atoms with Crippen LogP contribution in [0.1, 0.15) is 37.6 Å². The standard InChI is InChI=1S/C32H37N3O6S4/c1-3-33(2)32-24(16-18-30-34(20-8-22-44(36,37)38)26-10-4-6-12-28(26)42-30)14-15-25(32)17-19-31-35(21-9-23-45(39,40)41)27-11-5-7-13-29(27)43-31/h4-7,10-13,16-19H,3,8-9,14-15,20-23H2,1-2H3,(H-,36,37,38,39,40,41)/p+1. The highest BCUT2D eigenvalue weighted by Gasteiger charge is 2.26. The second-order valence-electron chi connectivity index (χ2n) is 11.0. The van der Waals surface area contributed by atoms with Crippen molar-refractivity contribution in [3.05, 3.63) is 93.6 Å². The molecule has 2 N–H and O–H groups in total. The molecule has 0 atom stereocenters. The molecule has 0 amide bonds. The molecule has 0 radical (unpaired) electrons. The molecular formula is C32H38N3O6S4+. The number of thioether (sulfide) groups is 1. The summed E-state index contributed by atoms with van der Waals surface area (Å²) in [4.78, 5) is 5.48. The molecule has 240 valence electrons. The molecule has 2 aliphatic rings. The monoisotopic (exact) mass is 688 g/mol. The van der Waals surface area contributed by atoms with Crippen LogP contribution in [0.25, 0.3) is 16.3 Å². The first-order valence-corrected chi connectivity index (χ1v) is 19.7. The summed E-state index contributed by atoms with van der Waals surface area (Å²) in [5, 5.41) is 2.02. The van der Waals surface area contributed by atoms with Crippen LogP contribution in [0.5, 0.6) is 0 Å². The molecular weight excluding hydrogens is 651 g/mol. The summed E-state index contributed by atoms with van der Waals surface area (Å²) in [6.07, 6.45) is 10.9. The number of fused-ring (bicyclic) bond motifs is 2. The zero-order chi connectivity index (χ0) is 32.2. The maximum Gasteiger partial charge on any atom is 0.265 e. The summed E-state index contributed by atoms with van der Waals surface area (Å²) in [6.45, 7) is 3.91. The van der Waals surface area contributed by atoms with Crippen molar-refractivity contribution in [3.8, 4) is 0 Å². The quantitative estimate of drug-likeness (QED) is 0.161. The summed E-state index contributed by atoms with van der Waals surface area (Å²) < 4.78 is 67.1. The molecule has 0 saturated heterocycles. The van der Waals surface area contributed by atoms with E-state index in [9.17, 15) is 25.9 Å². The van der Waals surface area contributed by atoms with Crippen LogP contribution >= 0.6 is 23.1 Å². The fraction of sp³-hybridized carbons (Fsp3) is 0.344. The Morgan fingerprint density at radius 2 is 1.64 bits per heavy atom. The SMILES string of the molecule is CCN(C)C1=C(C=Cc2sc3ccccc3[n+]2CCCS(=O)(=O)O)CCC1=CC=C1Sc2ccccc2N1CCCS(=O)(=O)O. The Morgan fingerprint density at radius 3 is 2.40 bits per heavy atom. The minimum atomic E-state index is -4.03. The fourth-order valence-electron chi connectivity index (χ4n) is 5.65. The van der Waals surface area contributed by atoms with E-state index in [0.717, 1.165) is 50.2 Å². The molecule has 9 nitrogen and oxygen atoms in total. The van der Waals surface area contributed by atoms with E-state index in [4.69, 9.17) is 0 Å². The smallest absolute Gasteiger partial charge is 0.265 e. The predicted octanol–water partition coefficient (Wildman–Crippen LogP) is 6.14. The van der Waals surface area contributed by atoms with Gasteiger partial charge in [-0.1, -0.05) is 53.4 Å². The highest BCUT2D eigenvalue weighted by molar-refractivity contribution is 8.03. The second kappa shape index (κ2) is 14.2. The van der Waals surface area contributed by atoms with Gasteiger partial charge in [-0.15, -0.1) is 0 Å². The average molecular weight is 689 g/mol. The molecule has 5 rings (SSSR count). The van der Waals surface area contributed by atoms with Gasteiger partial charge in [0, 0.05) is 49.3 Å². The lowest BCUT2D eigenvalue weighted by atomic mass is 10.1. The van der Waals surface area contributed by atoms with Crippen LogP contribution < -0.4 is 9.47 Å². The largest absolute Gasteiger partial charge is 0.374 e. The van der Waals surface area contributed by atoms with Crippen molar-refractivity contribution in [1.82, 2.24) is 4.90 Å². The van der Waals surface area contributed by atoms with Crippen LogP contribution in [0.15, 0.2) is 93.5 Å². The Bertz CT molecular complexity index is 1910. The van der Waals surface area contributed by atoms with Gasteiger partial charge in [-0.2, -0.15) is 21.4 Å². The van der Waals surface area contributed by atoms with Gasteiger partial charge in [-0.05, 0) is 67.7 Å². The van der Waals surface area contributed by atoms with Gasteiger partial charge in [0.1, 0.15) is 4.70 Å². The number of allylic oxidation sites excluding steroid dienone is 5. The van der Waals surface area contributed by atoms with Gasteiger partial charge in [0.25, 0.3) is 25.2 Å². The number of hydrogen-bond acceptors (Lipinski definition) is 8. The number of aromatic nitrogens is 1. The summed E-state index contributed by atoms with van der Waals surface area (Å²) in [7, 11) is -5.96. The van der Waals surface area contributed by atoms with Crippen molar-refractivity contribution in [2.24, 2.45) is 0 Å². The van der Waals surface area contributed by atoms with E-state index < -0.39 is 20.2 Å². The third-order valence-corrected chi connectivity index (χ3v) is 11.7. The number of nitrogens with zero attached hydrogens (tertiary/aromatic N) is 3. The maximum absolute atomic E-state index is 11.3. The Balaban J connectivity index is 1.44. The number of likely N-dealkylation sites (N-methyl/N-ethyl adjacent to an activating group) is 1. The van der Waals surface area contributed by atoms with Crippen molar-refractivity contribution >= 4 is 65.3 Å². The van der Waals surface area contributed by atoms with E-state index in [-0.39, 0.29) is 11.5 Å². The van der Waals surface area contributed by atoms with Gasteiger partial charge in [0.15, 0.2) is 6.54 Å². The van der Waals surface area contributed by atoms with Gasteiger partial charge in [-0.25, -0.2) is 0 Å². The lowest BCUT2D eigenvalue weighted by molar-refractivity contribution is -0.668. The zero-order valence-corrected chi connectivity index (χ0v) is 28.6. The third kappa shape index (κ3) is 8.46. The summed E-state index contributed by atoms with van der Waals surface area (Å²) in [5.41, 5.74) is 5.69. The van der Waals surface area contributed by atoms with E-state index >= 15 is 0 Å². The first kappa shape index (κ1) is 33.4. The summed E-state index contributed by atoms with van der Waals surface area (Å²) >= 11 is 3.31. The molecule has 1 aliphatic carbocycles. The zero-order valence-electron chi connectivity index (χ0n) is 25.3. The lowest BCUT2D eigenvalue weighted by Crippen LogP contribution is -2.35. The topological polar surface area (TPSA) is 119 Å². The third-order valence-electron chi connectivity index (χ3n) is 7.82. The Hall–Kier alpha value is -2.94. The van der Waals surface area contributed by atoms with E-state index in [0.29, 0.717) is 25.9 Å². The molecule has 2 heterocycles. The van der Waals surface area contributed by atoms with E-state index in [1.54, 1.807) is 23.1 Å². The van der Waals surface area contributed by atoms with Gasteiger partial charge >= 0.3 is 0 Å². The van der Waals surface area contributed by atoms with E-state index in [1.165, 1.54) is 16.8 Å². The van der Waals surface area contributed by atoms with Crippen molar-refractivity contribution < 1.29 is 30.5 Å². The highest BCUT2D eigenvalue weighted by atomic mass is 32.2. The van der Waals surface area contributed by atoms with Gasteiger partial charge in [0.05, 0.1) is 22.2 Å². The number of benzene rings is 2. The molecule has 0 bridgehead atoms. The molecule has 0 saturated carbocycles. The molecule has 0 spiro atoms. The van der Waals surface area contributed by atoms with Crippen LogP contribution in [0, 0.1) is 0 Å². The minimum absolute atomic E-state index is 0.283. The molecule has 0 unspecified atom stereocenters. The first-order valence-electron chi connectivity index (χ1n) is 14.8. The maximum atomic E-state index is 11.3. The van der Waals surface area contributed by atoms with Crippen LogP contribution in [0.2, 0.25) is 0 Å². The molecule has 0 fully saturated rings. The number of para-hydroxylation sites is 2. The number of aryl methyl sites for hydroxylation is 1. The van der Waals surface area contributed by atoms with Crippen LogP contribution in [0.3, 0.4) is 0 Å². The predicted molar refractivity (Wildman–Crippen MR) is 183 cm³/mol. The van der Waals surface area contributed by atoms with Crippen molar-refractivity contribution in [2.45, 2.75) is 44.0 Å². The number of hydrogen-bond donors (Lipinski definition) is 2. The van der Waals surface area contributed by atoms with Crippen molar-refractivity contribution in [2.75, 3.05) is 36.5 Å². The molecule has 3 aromatic rings. The lowest BCUT2D eigenvalue weighted by Gasteiger charge is -2.22. The Morgan fingerprint density at radius 1 is 0.933 bits per heavy atom. The molecule has 1 aromatic heterocycles. The number of rotatable bonds is 13. The molecule has 45 heavy (non-hydrogen) atoms. The van der Waals surface area contributed by atoms with E-state index in [2.05, 4.69) is 64.8 Å². The first-order chi connectivity index (χ1) is 21.4. The molecule has 2 aromatic carbocycles. The Kier molecular flexibility index (Phi) is 10.6. The fourth-order valence-corrected chi connectivity index (χ4v) is 8.82. The summed E-state index contributed by atoms with van der Waals surface area (Å²) in [6, 6.07) is 16.1. The van der Waals surface area contributed by atoms with Crippen molar-refractivity contribution in [1.29, 1.82) is 0 Å². The van der Waals surface area contributed by atoms with Gasteiger partial charge in [-0.3, -0.25) is 9.11 Å². The molecule has 13 heteroatoms. The summed E-state index contributed by atoms with van der Waals surface area (Å²) in [5.74, 6) is -0.566.